The van der Waals surface area contributed by atoms with E-state index in [1.54, 1.807) is 0 Å². The highest BCUT2D eigenvalue weighted by molar-refractivity contribution is 7.79. The smallest absolute Gasteiger partial charge is 0.239 e. The van der Waals surface area contributed by atoms with Crippen LogP contribution < -0.4 is 9.44 Å². The van der Waals surface area contributed by atoms with Crippen molar-refractivity contribution in [1.29, 1.82) is 0 Å². The van der Waals surface area contributed by atoms with Crippen molar-refractivity contribution >= 4 is 37.4 Å². The van der Waals surface area contributed by atoms with Gasteiger partial charge in [0, 0.05) is 0 Å². The van der Waals surface area contributed by atoms with E-state index in [4.69, 9.17) is 0 Å². The van der Waals surface area contributed by atoms with Gasteiger partial charge in [-0.2, -0.15) is 0 Å². The Bertz CT molecular complexity index is 113. The van der Waals surface area contributed by atoms with Crippen molar-refractivity contribution in [2.45, 2.75) is 6.42 Å². The molecule has 0 bridgehead atoms. The van der Waals surface area contributed by atoms with Gasteiger partial charge in [0.15, 0.2) is 0 Å². The third-order valence-electron chi connectivity index (χ3n) is 0.571. The third kappa shape index (κ3) is 4.16. The highest BCUT2D eigenvalue weighted by atomic mass is 32.1. The second-order valence-electron chi connectivity index (χ2n) is 1.25. The molecule has 52 valence electrons. The van der Waals surface area contributed by atoms with Crippen molar-refractivity contribution in [1.82, 2.24) is 9.44 Å². The second-order valence-corrected chi connectivity index (χ2v) is 1.69. The van der Waals surface area contributed by atoms with Gasteiger partial charge in [0.1, 0.15) is 6.42 Å². The van der Waals surface area contributed by atoms with Crippen molar-refractivity contribution in [2.24, 2.45) is 0 Å². The Morgan fingerprint density at radius 2 is 1.44 bits per heavy atom. The third-order valence-corrected chi connectivity index (χ3v) is 1.07. The van der Waals surface area contributed by atoms with Crippen LogP contribution in [-0.2, 0) is 9.59 Å². The molecule has 0 unspecified atom stereocenters. The molecule has 0 spiro atoms. The standard InChI is InChI=1S/C3H6N2O2S2/c6-2(4-8)1-3(7)5-9/h8-9H,1H2,(H,4,6)(H,5,7). The minimum absolute atomic E-state index is 0.243. The maximum Gasteiger partial charge on any atom is 0.239 e. The summed E-state index contributed by atoms with van der Waals surface area (Å²) in [6.07, 6.45) is -0.243. The molecule has 0 radical (unpaired) electrons. The van der Waals surface area contributed by atoms with E-state index in [2.05, 4.69) is 25.6 Å². The lowest BCUT2D eigenvalue weighted by molar-refractivity contribution is -0.127. The van der Waals surface area contributed by atoms with E-state index in [9.17, 15) is 9.59 Å². The first-order valence-corrected chi connectivity index (χ1v) is 2.96. The summed E-state index contributed by atoms with van der Waals surface area (Å²) in [4.78, 5) is 20.6. The normalized spacial score (nSPS) is 8.22. The van der Waals surface area contributed by atoms with Gasteiger partial charge >= 0.3 is 0 Å². The number of nitrogens with one attached hydrogen (secondary N) is 2. The Morgan fingerprint density at radius 3 is 1.67 bits per heavy atom. The Labute approximate surface area is 63.5 Å². The first-order valence-electron chi connectivity index (χ1n) is 2.06. The highest BCUT2D eigenvalue weighted by Gasteiger charge is 2.04. The van der Waals surface area contributed by atoms with Crippen LogP contribution in [0, 0.1) is 0 Å². The largest absolute Gasteiger partial charge is 0.302 e. The molecule has 2 N–H and O–H groups in total. The fourth-order valence-corrected chi connectivity index (χ4v) is 0.383. The van der Waals surface area contributed by atoms with Crippen LogP contribution in [0.1, 0.15) is 6.42 Å². The van der Waals surface area contributed by atoms with E-state index in [0.717, 1.165) is 0 Å². The summed E-state index contributed by atoms with van der Waals surface area (Å²) in [5.74, 6) is -0.908. The molecule has 0 fully saturated rings. The Hall–Kier alpha value is -0.360. The van der Waals surface area contributed by atoms with Crippen LogP contribution in [-0.4, -0.2) is 11.8 Å². The maximum absolute atomic E-state index is 10.3. The van der Waals surface area contributed by atoms with Gasteiger partial charge in [-0.1, -0.05) is 25.6 Å². The zero-order valence-corrected chi connectivity index (χ0v) is 6.21. The lowest BCUT2D eigenvalue weighted by atomic mass is 10.4. The van der Waals surface area contributed by atoms with Crippen LogP contribution in [0.4, 0.5) is 0 Å². The van der Waals surface area contributed by atoms with E-state index >= 15 is 0 Å². The Balaban J connectivity index is 3.47. The molecule has 9 heavy (non-hydrogen) atoms. The van der Waals surface area contributed by atoms with Gasteiger partial charge in [0.05, 0.1) is 0 Å². The molecule has 6 heteroatoms. The summed E-state index contributed by atoms with van der Waals surface area (Å²) in [6.45, 7) is 0. The van der Waals surface area contributed by atoms with E-state index in [1.165, 1.54) is 0 Å². The molecule has 0 saturated heterocycles. The fraction of sp³-hybridized carbons (Fsp3) is 0.333. The van der Waals surface area contributed by atoms with Crippen molar-refractivity contribution < 1.29 is 9.59 Å². The Kier molecular flexibility index (Phi) is 4.33. The zero-order valence-electron chi connectivity index (χ0n) is 4.42. The number of hydrogen-bond donors (Lipinski definition) is 4. The molecule has 0 aliphatic carbocycles. The number of amides is 2. The molecule has 0 aromatic carbocycles. The minimum atomic E-state index is -0.454. The SMILES string of the molecule is O=C(CC(=O)NS)NS. The number of carbonyl (C=O) groups excluding carboxylic acids is 2. The van der Waals surface area contributed by atoms with Crippen LogP contribution >= 0.6 is 25.6 Å². The number of hydrogen-bond acceptors (Lipinski definition) is 4. The van der Waals surface area contributed by atoms with Gasteiger partial charge in [-0.25, -0.2) is 0 Å². The quantitative estimate of drug-likeness (QED) is 0.324. The predicted molar refractivity (Wildman–Crippen MR) is 38.9 cm³/mol. The van der Waals surface area contributed by atoms with Gasteiger partial charge < -0.3 is 9.44 Å². The molecular weight excluding hydrogens is 160 g/mol. The molecule has 0 aromatic rings. The molecular formula is C3H6N2O2S2. The monoisotopic (exact) mass is 166 g/mol. The van der Waals surface area contributed by atoms with Gasteiger partial charge in [-0.05, 0) is 0 Å². The topological polar surface area (TPSA) is 58.2 Å². The predicted octanol–water partition coefficient (Wildman–Crippen LogP) is -0.702. The molecule has 2 amide bonds. The second kappa shape index (κ2) is 4.51. The van der Waals surface area contributed by atoms with Crippen LogP contribution in [0.3, 0.4) is 0 Å². The maximum atomic E-state index is 10.3. The molecule has 0 saturated carbocycles. The van der Waals surface area contributed by atoms with E-state index < -0.39 is 11.8 Å². The summed E-state index contributed by atoms with van der Waals surface area (Å²) in [7, 11) is 0. The molecule has 0 heterocycles. The first kappa shape index (κ1) is 8.64. The van der Waals surface area contributed by atoms with Crippen LogP contribution in [0.25, 0.3) is 0 Å². The summed E-state index contributed by atoms with van der Waals surface area (Å²) >= 11 is 6.85. The fourth-order valence-electron chi connectivity index (χ4n) is 0.225. The molecule has 0 rings (SSSR count). The number of thiol groups is 2. The average molecular weight is 166 g/mol. The van der Waals surface area contributed by atoms with Crippen molar-refractivity contribution in [3.63, 3.8) is 0 Å². The van der Waals surface area contributed by atoms with E-state index in [1.807, 2.05) is 9.44 Å². The lowest BCUT2D eigenvalue weighted by Crippen LogP contribution is -2.22. The number of carbonyl (C=O) groups is 2. The van der Waals surface area contributed by atoms with E-state index in [0.29, 0.717) is 0 Å². The molecule has 4 nitrogen and oxygen atoms in total. The lowest BCUT2D eigenvalue weighted by Gasteiger charge is -1.94. The van der Waals surface area contributed by atoms with Crippen LogP contribution in [0.2, 0.25) is 0 Å². The summed E-state index contributed by atoms with van der Waals surface area (Å²) in [5, 5.41) is 0. The summed E-state index contributed by atoms with van der Waals surface area (Å²) < 4.78 is 3.98. The van der Waals surface area contributed by atoms with Gasteiger partial charge in [-0.3, -0.25) is 9.59 Å². The van der Waals surface area contributed by atoms with Crippen molar-refractivity contribution in [3.05, 3.63) is 0 Å². The average Bonchev–Trinajstić information content (AvgIpc) is 1.87. The van der Waals surface area contributed by atoms with E-state index in [-0.39, 0.29) is 6.42 Å². The van der Waals surface area contributed by atoms with Crippen LogP contribution in [0.15, 0.2) is 0 Å². The highest BCUT2D eigenvalue weighted by Crippen LogP contribution is 1.80. The minimum Gasteiger partial charge on any atom is -0.302 e. The molecule has 0 atom stereocenters. The number of rotatable bonds is 2. The van der Waals surface area contributed by atoms with Gasteiger partial charge in [0.25, 0.3) is 0 Å². The Morgan fingerprint density at radius 1 is 1.11 bits per heavy atom. The van der Waals surface area contributed by atoms with Gasteiger partial charge in [0.2, 0.25) is 11.8 Å². The molecule has 0 aliphatic rings. The first-order chi connectivity index (χ1) is 4.20. The molecule has 0 aliphatic heterocycles. The van der Waals surface area contributed by atoms with Crippen LogP contribution in [0.5, 0.6) is 0 Å². The van der Waals surface area contributed by atoms with Crippen molar-refractivity contribution in [3.8, 4) is 0 Å². The summed E-state index contributed by atoms with van der Waals surface area (Å²) in [6, 6.07) is 0. The van der Waals surface area contributed by atoms with Gasteiger partial charge in [-0.15, -0.1) is 0 Å². The summed E-state index contributed by atoms with van der Waals surface area (Å²) in [5.41, 5.74) is 0. The molecule has 0 aromatic heterocycles. The zero-order chi connectivity index (χ0) is 7.28. The van der Waals surface area contributed by atoms with Crippen molar-refractivity contribution in [2.75, 3.05) is 0 Å².